The molecular formula is C7H11NO3. The van der Waals surface area contributed by atoms with E-state index < -0.39 is 0 Å². The maximum Gasteiger partial charge on any atom is 0.409 e. The van der Waals surface area contributed by atoms with Crippen LogP contribution in [0.5, 0.6) is 0 Å². The van der Waals surface area contributed by atoms with E-state index in [0.717, 1.165) is 0 Å². The number of nitrogens with zero attached hydrogens (tertiary/aromatic N) is 1. The van der Waals surface area contributed by atoms with E-state index in [1.165, 1.54) is 12.0 Å². The van der Waals surface area contributed by atoms with Gasteiger partial charge in [0.1, 0.15) is 5.78 Å². The highest BCUT2D eigenvalue weighted by molar-refractivity contribution is 5.82. The van der Waals surface area contributed by atoms with Gasteiger partial charge in [0.25, 0.3) is 0 Å². The van der Waals surface area contributed by atoms with E-state index in [1.807, 2.05) is 0 Å². The summed E-state index contributed by atoms with van der Waals surface area (Å²) in [6.07, 6.45) is -0.345. The molecule has 1 saturated heterocycles. The van der Waals surface area contributed by atoms with Crippen molar-refractivity contribution < 1.29 is 14.3 Å². The van der Waals surface area contributed by atoms with Crippen LogP contribution in [0.15, 0.2) is 0 Å². The van der Waals surface area contributed by atoms with E-state index >= 15 is 0 Å². The van der Waals surface area contributed by atoms with Gasteiger partial charge in [-0.2, -0.15) is 0 Å². The first-order valence-corrected chi connectivity index (χ1v) is 3.48. The van der Waals surface area contributed by atoms with Gasteiger partial charge in [-0.1, -0.05) is 0 Å². The molecule has 0 unspecified atom stereocenters. The highest BCUT2D eigenvalue weighted by Gasteiger charge is 2.33. The van der Waals surface area contributed by atoms with Crippen LogP contribution in [0.1, 0.15) is 6.92 Å². The van der Waals surface area contributed by atoms with E-state index in [-0.39, 0.29) is 17.8 Å². The van der Waals surface area contributed by atoms with Crippen LogP contribution in [0.25, 0.3) is 0 Å². The zero-order valence-electron chi connectivity index (χ0n) is 6.66. The number of hydrogen-bond donors (Lipinski definition) is 0. The first-order valence-electron chi connectivity index (χ1n) is 3.48. The Labute approximate surface area is 65.1 Å². The summed E-state index contributed by atoms with van der Waals surface area (Å²) in [5.74, 6) is 0.180. The van der Waals surface area contributed by atoms with Gasteiger partial charge in [0, 0.05) is 13.1 Å². The summed E-state index contributed by atoms with van der Waals surface area (Å²) in [5, 5.41) is 0. The average molecular weight is 157 g/mol. The minimum Gasteiger partial charge on any atom is -0.453 e. The van der Waals surface area contributed by atoms with Crippen molar-refractivity contribution in [1.82, 2.24) is 4.90 Å². The molecule has 4 heteroatoms. The highest BCUT2D eigenvalue weighted by atomic mass is 16.5. The molecule has 1 aliphatic rings. The van der Waals surface area contributed by atoms with Crippen molar-refractivity contribution in [2.45, 2.75) is 6.92 Å². The highest BCUT2D eigenvalue weighted by Crippen LogP contribution is 2.16. The van der Waals surface area contributed by atoms with Crippen LogP contribution in [0.2, 0.25) is 0 Å². The Morgan fingerprint density at radius 1 is 1.45 bits per heavy atom. The molecule has 0 aliphatic carbocycles. The number of carbonyl (C=O) groups is 2. The Balaban J connectivity index is 2.29. The monoisotopic (exact) mass is 157 g/mol. The van der Waals surface area contributed by atoms with Gasteiger partial charge in [0.2, 0.25) is 0 Å². The number of Topliss-reactive ketones (excluding diaryl/α,β-unsaturated/α-hetero) is 1. The summed E-state index contributed by atoms with van der Waals surface area (Å²) < 4.78 is 4.46. The van der Waals surface area contributed by atoms with Crippen LogP contribution in [0.3, 0.4) is 0 Å². The molecule has 1 aliphatic heterocycles. The summed E-state index contributed by atoms with van der Waals surface area (Å²) >= 11 is 0. The fraction of sp³-hybridized carbons (Fsp3) is 0.714. The predicted molar refractivity (Wildman–Crippen MR) is 38.1 cm³/mol. The summed E-state index contributed by atoms with van der Waals surface area (Å²) in [6, 6.07) is 0. The number of carbonyl (C=O) groups excluding carboxylic acids is 2. The third-order valence-electron chi connectivity index (χ3n) is 1.89. The normalized spacial score (nSPS) is 17.5. The molecule has 0 bridgehead atoms. The Morgan fingerprint density at radius 3 is 2.36 bits per heavy atom. The Kier molecular flexibility index (Phi) is 2.12. The van der Waals surface area contributed by atoms with Gasteiger partial charge in [-0.3, -0.25) is 4.79 Å². The SMILES string of the molecule is COC(=O)N1CC(C(C)=O)C1. The number of amides is 1. The molecule has 0 aromatic heterocycles. The minimum absolute atomic E-state index is 0.0362. The number of rotatable bonds is 1. The molecule has 0 aromatic carbocycles. The smallest absolute Gasteiger partial charge is 0.409 e. The standard InChI is InChI=1S/C7H11NO3/c1-5(9)6-3-8(4-6)7(10)11-2/h6H,3-4H2,1-2H3. The number of ketones is 1. The quantitative estimate of drug-likeness (QED) is 0.549. The third kappa shape index (κ3) is 1.50. The second-order valence-electron chi connectivity index (χ2n) is 2.68. The van der Waals surface area contributed by atoms with Crippen molar-refractivity contribution >= 4 is 11.9 Å². The summed E-state index contributed by atoms with van der Waals surface area (Å²) in [5.41, 5.74) is 0. The molecule has 0 aromatic rings. The van der Waals surface area contributed by atoms with Crippen LogP contribution in [-0.4, -0.2) is 37.0 Å². The van der Waals surface area contributed by atoms with Crippen LogP contribution >= 0.6 is 0 Å². The van der Waals surface area contributed by atoms with Gasteiger partial charge in [-0.25, -0.2) is 4.79 Å². The predicted octanol–water partition coefficient (Wildman–Crippen LogP) is 0.274. The zero-order valence-corrected chi connectivity index (χ0v) is 6.66. The first-order chi connectivity index (χ1) is 5.15. The van der Waals surface area contributed by atoms with Gasteiger partial charge < -0.3 is 9.64 Å². The van der Waals surface area contributed by atoms with E-state index in [0.29, 0.717) is 13.1 Å². The second-order valence-corrected chi connectivity index (χ2v) is 2.68. The van der Waals surface area contributed by atoms with Crippen molar-refractivity contribution in [3.8, 4) is 0 Å². The number of likely N-dealkylation sites (tertiary alicyclic amines) is 1. The Morgan fingerprint density at radius 2 is 2.00 bits per heavy atom. The van der Waals surface area contributed by atoms with Gasteiger partial charge in [-0.05, 0) is 6.92 Å². The molecule has 1 rings (SSSR count). The maximum atomic E-state index is 10.8. The van der Waals surface area contributed by atoms with Crippen molar-refractivity contribution in [3.05, 3.63) is 0 Å². The van der Waals surface area contributed by atoms with E-state index in [4.69, 9.17) is 0 Å². The molecule has 4 nitrogen and oxygen atoms in total. The van der Waals surface area contributed by atoms with Crippen molar-refractivity contribution in [3.63, 3.8) is 0 Å². The lowest BCUT2D eigenvalue weighted by molar-refractivity contribution is -0.124. The van der Waals surface area contributed by atoms with Crippen molar-refractivity contribution in [2.24, 2.45) is 5.92 Å². The fourth-order valence-corrected chi connectivity index (χ4v) is 1.01. The van der Waals surface area contributed by atoms with Gasteiger partial charge in [-0.15, -0.1) is 0 Å². The average Bonchev–Trinajstić information content (AvgIpc) is 1.83. The lowest BCUT2D eigenvalue weighted by Crippen LogP contribution is -2.52. The Hall–Kier alpha value is -1.06. The molecule has 0 N–H and O–H groups in total. The number of methoxy groups -OCH3 is 1. The minimum atomic E-state index is -0.345. The van der Waals surface area contributed by atoms with Crippen LogP contribution in [0, 0.1) is 5.92 Å². The Bertz CT molecular complexity index is 184. The second kappa shape index (κ2) is 2.90. The summed E-state index contributed by atoms with van der Waals surface area (Å²) in [7, 11) is 1.34. The largest absolute Gasteiger partial charge is 0.453 e. The molecule has 1 heterocycles. The molecule has 62 valence electrons. The molecule has 0 atom stereocenters. The maximum absolute atomic E-state index is 10.8. The lowest BCUT2D eigenvalue weighted by Gasteiger charge is -2.36. The number of ether oxygens (including phenoxy) is 1. The van der Waals surface area contributed by atoms with Crippen molar-refractivity contribution in [1.29, 1.82) is 0 Å². The third-order valence-corrected chi connectivity index (χ3v) is 1.89. The topological polar surface area (TPSA) is 46.6 Å². The first kappa shape index (κ1) is 8.04. The van der Waals surface area contributed by atoms with Gasteiger partial charge >= 0.3 is 6.09 Å². The van der Waals surface area contributed by atoms with Crippen LogP contribution in [-0.2, 0) is 9.53 Å². The molecule has 11 heavy (non-hydrogen) atoms. The zero-order chi connectivity index (χ0) is 8.43. The number of hydrogen-bond acceptors (Lipinski definition) is 3. The molecule has 0 radical (unpaired) electrons. The van der Waals surface area contributed by atoms with E-state index in [2.05, 4.69) is 4.74 Å². The molecule has 0 spiro atoms. The fourth-order valence-electron chi connectivity index (χ4n) is 1.01. The van der Waals surface area contributed by atoms with Crippen LogP contribution in [0.4, 0.5) is 4.79 Å². The lowest BCUT2D eigenvalue weighted by atomic mass is 9.97. The molecule has 0 saturated carbocycles. The van der Waals surface area contributed by atoms with E-state index in [9.17, 15) is 9.59 Å². The molecular weight excluding hydrogens is 146 g/mol. The molecule has 1 amide bonds. The molecule has 1 fully saturated rings. The van der Waals surface area contributed by atoms with E-state index in [1.54, 1.807) is 6.92 Å². The van der Waals surface area contributed by atoms with Gasteiger partial charge in [0.15, 0.2) is 0 Å². The van der Waals surface area contributed by atoms with Crippen LogP contribution < -0.4 is 0 Å². The van der Waals surface area contributed by atoms with Gasteiger partial charge in [0.05, 0.1) is 13.0 Å². The van der Waals surface area contributed by atoms with Crippen molar-refractivity contribution in [2.75, 3.05) is 20.2 Å². The summed E-state index contributed by atoms with van der Waals surface area (Å²) in [6.45, 7) is 2.57. The summed E-state index contributed by atoms with van der Waals surface area (Å²) in [4.78, 5) is 23.0.